The molecule has 0 atom stereocenters. The Hall–Kier alpha value is -2.67. The van der Waals surface area contributed by atoms with Crippen LogP contribution >= 0.6 is 11.3 Å². The van der Waals surface area contributed by atoms with Gasteiger partial charge in [0.2, 0.25) is 0 Å². The third-order valence-corrected chi connectivity index (χ3v) is 4.16. The summed E-state index contributed by atoms with van der Waals surface area (Å²) in [5.41, 5.74) is 6.57. The second kappa shape index (κ2) is 4.71. The van der Waals surface area contributed by atoms with Crippen molar-refractivity contribution in [2.24, 2.45) is 0 Å². The van der Waals surface area contributed by atoms with Crippen LogP contribution in [0.1, 0.15) is 15.4 Å². The predicted molar refractivity (Wildman–Crippen MR) is 79.7 cm³/mol. The molecule has 7 heteroatoms. The molecule has 0 bridgehead atoms. The Morgan fingerprint density at radius 1 is 1.38 bits per heavy atom. The first-order chi connectivity index (χ1) is 9.95. The van der Waals surface area contributed by atoms with Gasteiger partial charge in [0.25, 0.3) is 0 Å². The molecular weight excluding hydrogens is 292 g/mol. The number of aromatic carboxylic acids is 1. The Labute approximate surface area is 122 Å². The highest BCUT2D eigenvalue weighted by atomic mass is 32.1. The fourth-order valence-corrected chi connectivity index (χ4v) is 2.90. The van der Waals surface area contributed by atoms with Gasteiger partial charge in [0.1, 0.15) is 15.5 Å². The molecule has 106 valence electrons. The summed E-state index contributed by atoms with van der Waals surface area (Å²) in [7, 11) is 0. The number of carboxylic acid groups (broad SMARTS) is 1. The molecule has 3 rings (SSSR count). The number of anilines is 1. The van der Waals surface area contributed by atoms with Crippen molar-refractivity contribution in [3.05, 3.63) is 45.3 Å². The van der Waals surface area contributed by atoms with Crippen LogP contribution in [0.3, 0.4) is 0 Å². The molecule has 0 amide bonds. The Morgan fingerprint density at radius 3 is 2.81 bits per heavy atom. The molecule has 0 aliphatic rings. The van der Waals surface area contributed by atoms with Crippen molar-refractivity contribution < 1.29 is 14.3 Å². The van der Waals surface area contributed by atoms with E-state index in [1.165, 1.54) is 0 Å². The van der Waals surface area contributed by atoms with Crippen LogP contribution in [0.4, 0.5) is 5.69 Å². The molecule has 0 aliphatic heterocycles. The number of rotatable bonds is 2. The quantitative estimate of drug-likeness (QED) is 0.556. The molecule has 2 heterocycles. The molecule has 3 aromatic rings. The van der Waals surface area contributed by atoms with Gasteiger partial charge in [-0.25, -0.2) is 14.6 Å². The van der Waals surface area contributed by atoms with E-state index in [2.05, 4.69) is 4.98 Å². The summed E-state index contributed by atoms with van der Waals surface area (Å²) in [4.78, 5) is 27.4. The van der Waals surface area contributed by atoms with E-state index in [1.54, 1.807) is 31.2 Å². The highest BCUT2D eigenvalue weighted by Gasteiger charge is 2.18. The number of carboxylic acids is 1. The van der Waals surface area contributed by atoms with Gasteiger partial charge in [0, 0.05) is 17.1 Å². The molecule has 6 nitrogen and oxygen atoms in total. The highest BCUT2D eigenvalue weighted by Crippen LogP contribution is 2.28. The third-order valence-electron chi connectivity index (χ3n) is 2.98. The molecule has 2 aromatic heterocycles. The Balaban J connectivity index is 2.23. The van der Waals surface area contributed by atoms with Crippen LogP contribution in [0.2, 0.25) is 0 Å². The standard InChI is InChI=1S/C14H10N2O4S/c1-6-11(13(17)18)21-12(16-6)9-4-7-2-3-8(15)5-10(7)20-14(9)19/h2-5H,15H2,1H3,(H,17,18). The Bertz CT molecular complexity index is 926. The largest absolute Gasteiger partial charge is 0.477 e. The Morgan fingerprint density at radius 2 is 2.14 bits per heavy atom. The molecule has 0 unspecified atom stereocenters. The summed E-state index contributed by atoms with van der Waals surface area (Å²) in [6, 6.07) is 6.62. The number of thiazole rings is 1. The van der Waals surface area contributed by atoms with Gasteiger partial charge in [-0.1, -0.05) is 0 Å². The van der Waals surface area contributed by atoms with Crippen molar-refractivity contribution in [2.75, 3.05) is 5.73 Å². The molecule has 0 aliphatic carbocycles. The van der Waals surface area contributed by atoms with Gasteiger partial charge in [-0.15, -0.1) is 11.3 Å². The maximum absolute atomic E-state index is 12.0. The minimum atomic E-state index is -1.06. The molecule has 0 radical (unpaired) electrons. The summed E-state index contributed by atoms with van der Waals surface area (Å²) in [5.74, 6) is -1.06. The van der Waals surface area contributed by atoms with Crippen molar-refractivity contribution in [3.8, 4) is 10.6 Å². The highest BCUT2D eigenvalue weighted by molar-refractivity contribution is 7.17. The van der Waals surface area contributed by atoms with Crippen LogP contribution in [0, 0.1) is 6.92 Å². The maximum Gasteiger partial charge on any atom is 0.347 e. The van der Waals surface area contributed by atoms with Gasteiger partial charge in [0.05, 0.1) is 11.3 Å². The van der Waals surface area contributed by atoms with Crippen molar-refractivity contribution in [1.29, 1.82) is 0 Å². The lowest BCUT2D eigenvalue weighted by Crippen LogP contribution is -2.02. The fraction of sp³-hybridized carbons (Fsp3) is 0.0714. The number of aromatic nitrogens is 1. The lowest BCUT2D eigenvalue weighted by molar-refractivity contribution is 0.0701. The van der Waals surface area contributed by atoms with Crippen LogP contribution in [-0.2, 0) is 0 Å². The van der Waals surface area contributed by atoms with Crippen LogP contribution in [-0.4, -0.2) is 16.1 Å². The van der Waals surface area contributed by atoms with Crippen molar-refractivity contribution >= 4 is 34.0 Å². The predicted octanol–water partition coefficient (Wildman–Crippen LogP) is 2.51. The second-order valence-corrected chi connectivity index (χ2v) is 5.48. The van der Waals surface area contributed by atoms with E-state index in [-0.39, 0.29) is 10.4 Å². The first-order valence-corrected chi connectivity index (χ1v) is 6.82. The van der Waals surface area contributed by atoms with Crippen LogP contribution in [0.25, 0.3) is 21.5 Å². The molecular formula is C14H10N2O4S. The SMILES string of the molecule is Cc1nc(-c2cc3ccc(N)cc3oc2=O)sc1C(=O)O. The Kier molecular flexibility index (Phi) is 2.99. The first-order valence-electron chi connectivity index (χ1n) is 6.00. The van der Waals surface area contributed by atoms with Gasteiger partial charge in [-0.3, -0.25) is 0 Å². The molecule has 0 spiro atoms. The number of aryl methyl sites for hydroxylation is 1. The number of fused-ring (bicyclic) bond motifs is 1. The topological polar surface area (TPSA) is 106 Å². The van der Waals surface area contributed by atoms with Crippen LogP contribution < -0.4 is 11.4 Å². The summed E-state index contributed by atoms with van der Waals surface area (Å²) in [5, 5.41) is 10.1. The van der Waals surface area contributed by atoms with E-state index >= 15 is 0 Å². The zero-order valence-electron chi connectivity index (χ0n) is 10.9. The number of benzene rings is 1. The van der Waals surface area contributed by atoms with Gasteiger partial charge in [-0.2, -0.15) is 0 Å². The zero-order chi connectivity index (χ0) is 15.1. The minimum Gasteiger partial charge on any atom is -0.477 e. The number of nitrogens with two attached hydrogens (primary N) is 1. The second-order valence-electron chi connectivity index (χ2n) is 4.48. The van der Waals surface area contributed by atoms with E-state index in [0.717, 1.165) is 11.3 Å². The van der Waals surface area contributed by atoms with Crippen LogP contribution in [0.5, 0.6) is 0 Å². The van der Waals surface area contributed by atoms with E-state index in [4.69, 9.17) is 15.3 Å². The summed E-state index contributed by atoms with van der Waals surface area (Å²) in [6.45, 7) is 1.59. The number of hydrogen-bond acceptors (Lipinski definition) is 6. The van der Waals surface area contributed by atoms with Crippen molar-refractivity contribution in [1.82, 2.24) is 4.98 Å². The number of nitrogen functional groups attached to an aromatic ring is 1. The van der Waals surface area contributed by atoms with Gasteiger partial charge in [0.15, 0.2) is 0 Å². The lowest BCUT2D eigenvalue weighted by Gasteiger charge is -2.00. The van der Waals surface area contributed by atoms with Gasteiger partial charge in [-0.05, 0) is 25.1 Å². The molecule has 1 aromatic carbocycles. The van der Waals surface area contributed by atoms with Crippen molar-refractivity contribution in [2.45, 2.75) is 6.92 Å². The average molecular weight is 302 g/mol. The van der Waals surface area contributed by atoms with Gasteiger partial charge >= 0.3 is 11.6 Å². The van der Waals surface area contributed by atoms with Crippen LogP contribution in [0.15, 0.2) is 33.5 Å². The average Bonchev–Trinajstić information content (AvgIpc) is 2.80. The third kappa shape index (κ3) is 2.27. The van der Waals surface area contributed by atoms with E-state index in [0.29, 0.717) is 27.4 Å². The number of hydrogen-bond donors (Lipinski definition) is 2. The van der Waals surface area contributed by atoms with E-state index in [9.17, 15) is 9.59 Å². The zero-order valence-corrected chi connectivity index (χ0v) is 11.7. The smallest absolute Gasteiger partial charge is 0.347 e. The number of nitrogens with zero attached hydrogens (tertiary/aromatic N) is 1. The molecule has 3 N–H and O–H groups in total. The van der Waals surface area contributed by atoms with E-state index < -0.39 is 11.6 Å². The minimum absolute atomic E-state index is 0.113. The first kappa shape index (κ1) is 13.3. The van der Waals surface area contributed by atoms with Gasteiger partial charge < -0.3 is 15.3 Å². The number of carbonyl (C=O) groups is 1. The lowest BCUT2D eigenvalue weighted by atomic mass is 10.2. The summed E-state index contributed by atoms with van der Waals surface area (Å²) in [6.07, 6.45) is 0. The maximum atomic E-state index is 12.0. The fourth-order valence-electron chi connectivity index (χ4n) is 1.99. The van der Waals surface area contributed by atoms with E-state index in [1.807, 2.05) is 0 Å². The monoisotopic (exact) mass is 302 g/mol. The summed E-state index contributed by atoms with van der Waals surface area (Å²) < 4.78 is 5.22. The molecule has 0 fully saturated rings. The van der Waals surface area contributed by atoms with Crippen molar-refractivity contribution in [3.63, 3.8) is 0 Å². The molecule has 21 heavy (non-hydrogen) atoms. The summed E-state index contributed by atoms with van der Waals surface area (Å²) >= 11 is 0.951. The normalized spacial score (nSPS) is 10.9. The molecule has 0 saturated heterocycles. The molecule has 0 saturated carbocycles.